The summed E-state index contributed by atoms with van der Waals surface area (Å²) in [5.74, 6) is 2.90. The molecule has 2 fully saturated rings. The van der Waals surface area contributed by atoms with Crippen LogP contribution in [0.1, 0.15) is 58.6 Å². The molecule has 0 unspecified atom stereocenters. The maximum Gasteiger partial charge on any atom is 0.217 e. The van der Waals surface area contributed by atoms with Crippen LogP contribution >= 0.6 is 12.4 Å². The number of halogens is 1. The van der Waals surface area contributed by atoms with Gasteiger partial charge < -0.3 is 14.2 Å². The monoisotopic (exact) mass is 489 g/mol. The van der Waals surface area contributed by atoms with Crippen molar-refractivity contribution in [3.05, 3.63) is 36.0 Å². The van der Waals surface area contributed by atoms with Gasteiger partial charge in [0, 0.05) is 36.7 Å². The summed E-state index contributed by atoms with van der Waals surface area (Å²) in [6.45, 7) is 12.5. The predicted molar refractivity (Wildman–Crippen MR) is 138 cm³/mol. The maximum absolute atomic E-state index is 6.19. The van der Waals surface area contributed by atoms with Crippen molar-refractivity contribution in [1.29, 1.82) is 0 Å². The quantitative estimate of drug-likeness (QED) is 0.485. The number of benzene rings is 1. The van der Waals surface area contributed by atoms with Gasteiger partial charge in [0.05, 0.1) is 25.5 Å². The molecule has 0 spiro atoms. The minimum atomic E-state index is -0.0802. The van der Waals surface area contributed by atoms with E-state index < -0.39 is 0 Å². The predicted octanol–water partition coefficient (Wildman–Crippen LogP) is 5.53. The summed E-state index contributed by atoms with van der Waals surface area (Å²) < 4.78 is 17.5. The molecule has 0 atom stereocenters. The lowest BCUT2D eigenvalue weighted by Crippen LogP contribution is -2.38. The van der Waals surface area contributed by atoms with Gasteiger partial charge in [-0.3, -0.25) is 4.90 Å². The summed E-state index contributed by atoms with van der Waals surface area (Å²) in [6.07, 6.45) is 6.51. The number of rotatable bonds is 8. The van der Waals surface area contributed by atoms with Gasteiger partial charge in [-0.15, -0.1) is 12.4 Å². The van der Waals surface area contributed by atoms with Crippen LogP contribution in [-0.2, 0) is 10.2 Å². The molecule has 0 amide bonds. The van der Waals surface area contributed by atoms with E-state index in [0.29, 0.717) is 24.2 Å². The van der Waals surface area contributed by atoms with Gasteiger partial charge in [0.25, 0.3) is 0 Å². The molecule has 7 heteroatoms. The Morgan fingerprint density at radius 2 is 1.68 bits per heavy atom. The molecule has 1 saturated carbocycles. The number of hydrogen-bond donors (Lipinski definition) is 0. The minimum Gasteiger partial charge on any atom is -0.492 e. The Hall–Kier alpha value is -1.89. The van der Waals surface area contributed by atoms with Crippen molar-refractivity contribution < 1.29 is 14.2 Å². The third-order valence-electron chi connectivity index (χ3n) is 6.56. The van der Waals surface area contributed by atoms with Crippen LogP contribution in [0.4, 0.5) is 0 Å². The van der Waals surface area contributed by atoms with E-state index in [-0.39, 0.29) is 17.8 Å². The number of nitrogens with zero attached hydrogens (tertiary/aromatic N) is 3. The van der Waals surface area contributed by atoms with Crippen molar-refractivity contribution in [2.45, 2.75) is 58.3 Å². The number of hydrogen-bond acceptors (Lipinski definition) is 6. The SMILES string of the molecule is CC(C)(C)c1cc(OCC2CCCCC2)nc(-c2ccc(OCCN3CCOCC3)cc2)n1.Cl. The molecule has 6 nitrogen and oxygen atoms in total. The van der Waals surface area contributed by atoms with Crippen molar-refractivity contribution in [3.8, 4) is 23.0 Å². The van der Waals surface area contributed by atoms with Crippen LogP contribution in [0.2, 0.25) is 0 Å². The van der Waals surface area contributed by atoms with E-state index in [2.05, 4.69) is 25.7 Å². The molecule has 34 heavy (non-hydrogen) atoms. The first-order chi connectivity index (χ1) is 16.0. The first-order valence-electron chi connectivity index (χ1n) is 12.5. The largest absolute Gasteiger partial charge is 0.492 e. The second kappa shape index (κ2) is 12.7. The Labute approximate surface area is 210 Å². The van der Waals surface area contributed by atoms with E-state index in [1.165, 1.54) is 32.1 Å². The molecule has 1 saturated heterocycles. The van der Waals surface area contributed by atoms with Crippen LogP contribution in [0.5, 0.6) is 11.6 Å². The Balaban J connectivity index is 0.00000324. The molecule has 2 aromatic rings. The van der Waals surface area contributed by atoms with Crippen molar-refractivity contribution in [2.24, 2.45) is 5.92 Å². The van der Waals surface area contributed by atoms with Gasteiger partial charge in [0.15, 0.2) is 5.82 Å². The second-order valence-electron chi connectivity index (χ2n) is 10.3. The first kappa shape index (κ1) is 26.7. The lowest BCUT2D eigenvalue weighted by atomic mass is 9.90. The Morgan fingerprint density at radius 3 is 2.35 bits per heavy atom. The van der Waals surface area contributed by atoms with Crippen molar-refractivity contribution >= 4 is 12.4 Å². The molecule has 1 aromatic heterocycles. The standard InChI is InChI=1S/C27H39N3O3.ClH/c1-27(2,3)24-19-25(33-20-21-7-5-4-6-8-21)29-26(28-24)22-9-11-23(12-10-22)32-18-15-30-13-16-31-17-14-30;/h9-12,19,21H,4-8,13-18,20H2,1-3H3;1H. The van der Waals surface area contributed by atoms with Crippen LogP contribution in [0, 0.1) is 5.92 Å². The van der Waals surface area contributed by atoms with E-state index in [9.17, 15) is 0 Å². The first-order valence-corrected chi connectivity index (χ1v) is 12.5. The molecular formula is C27H40ClN3O3. The van der Waals surface area contributed by atoms with E-state index in [4.69, 9.17) is 24.2 Å². The minimum absolute atomic E-state index is 0. The maximum atomic E-state index is 6.19. The molecule has 2 aliphatic rings. The number of aromatic nitrogens is 2. The van der Waals surface area contributed by atoms with E-state index in [1.54, 1.807) is 0 Å². The van der Waals surface area contributed by atoms with Gasteiger partial charge in [-0.05, 0) is 43.0 Å². The van der Waals surface area contributed by atoms with Crippen molar-refractivity contribution in [3.63, 3.8) is 0 Å². The van der Waals surface area contributed by atoms with Crippen LogP contribution in [-0.4, -0.2) is 60.9 Å². The zero-order chi connectivity index (χ0) is 23.1. The normalized spacial score (nSPS) is 17.7. The molecule has 1 aliphatic heterocycles. The molecule has 188 valence electrons. The van der Waals surface area contributed by atoms with Gasteiger partial charge in [0.1, 0.15) is 12.4 Å². The summed E-state index contributed by atoms with van der Waals surface area (Å²) in [5, 5.41) is 0. The number of morpholine rings is 1. The smallest absolute Gasteiger partial charge is 0.217 e. The lowest BCUT2D eigenvalue weighted by molar-refractivity contribution is 0.0322. The fraction of sp³-hybridized carbons (Fsp3) is 0.630. The summed E-state index contributed by atoms with van der Waals surface area (Å²) in [7, 11) is 0. The highest BCUT2D eigenvalue weighted by atomic mass is 35.5. The van der Waals surface area contributed by atoms with E-state index in [1.807, 2.05) is 30.3 Å². The third-order valence-corrected chi connectivity index (χ3v) is 6.56. The molecule has 1 aliphatic carbocycles. The highest BCUT2D eigenvalue weighted by Crippen LogP contribution is 2.29. The molecular weight excluding hydrogens is 450 g/mol. The van der Waals surface area contributed by atoms with Gasteiger partial charge in [-0.1, -0.05) is 40.0 Å². The molecule has 2 heterocycles. The lowest BCUT2D eigenvalue weighted by Gasteiger charge is -2.26. The van der Waals surface area contributed by atoms with E-state index >= 15 is 0 Å². The average molecular weight is 490 g/mol. The summed E-state index contributed by atoms with van der Waals surface area (Å²) in [4.78, 5) is 12.0. The van der Waals surface area contributed by atoms with Gasteiger partial charge in [0.2, 0.25) is 5.88 Å². The zero-order valence-electron chi connectivity index (χ0n) is 20.9. The van der Waals surface area contributed by atoms with Crippen molar-refractivity contribution in [1.82, 2.24) is 14.9 Å². The van der Waals surface area contributed by atoms with Gasteiger partial charge in [-0.2, -0.15) is 4.98 Å². The zero-order valence-corrected chi connectivity index (χ0v) is 21.7. The summed E-state index contributed by atoms with van der Waals surface area (Å²) in [6, 6.07) is 10.1. The summed E-state index contributed by atoms with van der Waals surface area (Å²) >= 11 is 0. The molecule has 0 N–H and O–H groups in total. The van der Waals surface area contributed by atoms with E-state index in [0.717, 1.165) is 56.5 Å². The van der Waals surface area contributed by atoms with Crippen LogP contribution < -0.4 is 9.47 Å². The average Bonchev–Trinajstić information content (AvgIpc) is 2.84. The van der Waals surface area contributed by atoms with Crippen molar-refractivity contribution in [2.75, 3.05) is 46.1 Å². The Morgan fingerprint density at radius 1 is 0.971 bits per heavy atom. The highest BCUT2D eigenvalue weighted by molar-refractivity contribution is 5.85. The Kier molecular flexibility index (Phi) is 9.98. The second-order valence-corrected chi connectivity index (χ2v) is 10.3. The van der Waals surface area contributed by atoms with Gasteiger partial charge in [-0.25, -0.2) is 4.98 Å². The molecule has 0 bridgehead atoms. The van der Waals surface area contributed by atoms with Crippen LogP contribution in [0.25, 0.3) is 11.4 Å². The Bertz CT molecular complexity index is 874. The third kappa shape index (κ3) is 7.82. The molecule has 1 aromatic carbocycles. The fourth-order valence-electron chi connectivity index (χ4n) is 4.39. The van der Waals surface area contributed by atoms with Crippen LogP contribution in [0.3, 0.4) is 0 Å². The topological polar surface area (TPSA) is 56.7 Å². The highest BCUT2D eigenvalue weighted by Gasteiger charge is 2.20. The van der Waals surface area contributed by atoms with Crippen LogP contribution in [0.15, 0.2) is 30.3 Å². The molecule has 4 rings (SSSR count). The number of ether oxygens (including phenoxy) is 3. The fourth-order valence-corrected chi connectivity index (χ4v) is 4.39. The molecule has 0 radical (unpaired) electrons. The summed E-state index contributed by atoms with van der Waals surface area (Å²) in [5.41, 5.74) is 1.89. The van der Waals surface area contributed by atoms with Gasteiger partial charge >= 0.3 is 0 Å².